The third-order valence-corrected chi connectivity index (χ3v) is 3.43. The minimum atomic E-state index is -0.364. The number of carbonyl (C=O) groups is 1. The highest BCUT2D eigenvalue weighted by atomic mass is 16.2. The number of benzene rings is 1. The number of carbonyl (C=O) groups excluding carboxylic acids is 1. The Bertz CT molecular complexity index is 793. The van der Waals surface area contributed by atoms with Gasteiger partial charge in [0.25, 0.3) is 0 Å². The molecular formula is C14H10N4O. The molecule has 19 heavy (non-hydrogen) atoms. The summed E-state index contributed by atoms with van der Waals surface area (Å²) in [5, 5.41) is 7.02. The van der Waals surface area contributed by atoms with E-state index in [0.29, 0.717) is 0 Å². The molecule has 5 heteroatoms. The lowest BCUT2D eigenvalue weighted by Gasteiger charge is -2.09. The van der Waals surface area contributed by atoms with Crippen LogP contribution in [0.25, 0.3) is 5.52 Å². The third kappa shape index (κ3) is 1.38. The molecule has 92 valence electrons. The average Bonchev–Trinajstić information content (AvgIpc) is 3.01. The van der Waals surface area contributed by atoms with Gasteiger partial charge in [0.15, 0.2) is 0 Å². The number of hydrogen-bond donors (Lipinski definition) is 1. The summed E-state index contributed by atoms with van der Waals surface area (Å²) in [4.78, 5) is 16.5. The predicted molar refractivity (Wildman–Crippen MR) is 69.9 cm³/mol. The maximum absolute atomic E-state index is 12.2. The summed E-state index contributed by atoms with van der Waals surface area (Å²) < 4.78 is 1.73. The summed E-state index contributed by atoms with van der Waals surface area (Å²) in [5.41, 5.74) is 3.43. The SMILES string of the molecule is O=C1Nc2ccccc2C1c1ncnn2cccc12. The van der Waals surface area contributed by atoms with Crippen LogP contribution in [0, 0.1) is 0 Å². The Morgan fingerprint density at radius 3 is 3.00 bits per heavy atom. The molecule has 0 saturated heterocycles. The highest BCUT2D eigenvalue weighted by Gasteiger charge is 2.34. The lowest BCUT2D eigenvalue weighted by molar-refractivity contribution is -0.116. The molecule has 0 saturated carbocycles. The molecular weight excluding hydrogens is 240 g/mol. The van der Waals surface area contributed by atoms with Gasteiger partial charge in [0.1, 0.15) is 12.2 Å². The van der Waals surface area contributed by atoms with E-state index in [1.54, 1.807) is 4.52 Å². The first kappa shape index (κ1) is 10.3. The second kappa shape index (κ2) is 3.65. The van der Waals surface area contributed by atoms with Gasteiger partial charge in [-0.3, -0.25) is 4.79 Å². The van der Waals surface area contributed by atoms with E-state index in [1.165, 1.54) is 6.33 Å². The van der Waals surface area contributed by atoms with E-state index in [2.05, 4.69) is 15.4 Å². The van der Waals surface area contributed by atoms with Gasteiger partial charge in [0.2, 0.25) is 5.91 Å². The molecule has 1 aliphatic heterocycles. The van der Waals surface area contributed by atoms with Crippen LogP contribution in [0.3, 0.4) is 0 Å². The van der Waals surface area contributed by atoms with E-state index in [9.17, 15) is 4.79 Å². The molecule has 2 aromatic heterocycles. The Kier molecular flexibility index (Phi) is 1.97. The summed E-state index contributed by atoms with van der Waals surface area (Å²) in [6.45, 7) is 0. The number of nitrogens with zero attached hydrogens (tertiary/aromatic N) is 3. The number of aromatic nitrogens is 3. The average molecular weight is 250 g/mol. The zero-order valence-corrected chi connectivity index (χ0v) is 9.95. The van der Waals surface area contributed by atoms with Gasteiger partial charge in [-0.25, -0.2) is 9.50 Å². The van der Waals surface area contributed by atoms with Crippen molar-refractivity contribution >= 4 is 17.1 Å². The van der Waals surface area contributed by atoms with Crippen molar-refractivity contribution in [1.29, 1.82) is 0 Å². The quantitative estimate of drug-likeness (QED) is 0.716. The Morgan fingerprint density at radius 2 is 2.05 bits per heavy atom. The van der Waals surface area contributed by atoms with Crippen molar-refractivity contribution in [1.82, 2.24) is 14.6 Å². The normalized spacial score (nSPS) is 17.5. The van der Waals surface area contributed by atoms with Crippen molar-refractivity contribution in [3.63, 3.8) is 0 Å². The fraction of sp³-hybridized carbons (Fsp3) is 0.0714. The number of hydrogen-bond acceptors (Lipinski definition) is 3. The van der Waals surface area contributed by atoms with E-state index < -0.39 is 0 Å². The molecule has 5 nitrogen and oxygen atoms in total. The van der Waals surface area contributed by atoms with Gasteiger partial charge in [0.05, 0.1) is 11.2 Å². The molecule has 1 aliphatic rings. The van der Waals surface area contributed by atoms with Gasteiger partial charge in [-0.1, -0.05) is 18.2 Å². The molecule has 0 spiro atoms. The molecule has 0 radical (unpaired) electrons. The van der Waals surface area contributed by atoms with Gasteiger partial charge >= 0.3 is 0 Å². The van der Waals surface area contributed by atoms with Crippen LogP contribution in [0.1, 0.15) is 17.2 Å². The molecule has 0 fully saturated rings. The summed E-state index contributed by atoms with van der Waals surface area (Å²) in [6.07, 6.45) is 3.33. The highest BCUT2D eigenvalue weighted by Crippen LogP contribution is 2.37. The van der Waals surface area contributed by atoms with Crippen molar-refractivity contribution in [3.8, 4) is 0 Å². The Hall–Kier alpha value is -2.69. The van der Waals surface area contributed by atoms with Crippen LogP contribution in [-0.4, -0.2) is 20.5 Å². The molecule has 1 unspecified atom stereocenters. The molecule has 1 N–H and O–H groups in total. The second-order valence-corrected chi connectivity index (χ2v) is 4.49. The van der Waals surface area contributed by atoms with Gasteiger partial charge in [0, 0.05) is 11.9 Å². The van der Waals surface area contributed by atoms with E-state index in [0.717, 1.165) is 22.5 Å². The summed E-state index contributed by atoms with van der Waals surface area (Å²) in [7, 11) is 0. The topological polar surface area (TPSA) is 59.3 Å². The Labute approximate surface area is 108 Å². The minimum Gasteiger partial charge on any atom is -0.325 e. The van der Waals surface area contributed by atoms with Crippen LogP contribution in [-0.2, 0) is 4.79 Å². The molecule has 3 aromatic rings. The lowest BCUT2D eigenvalue weighted by Crippen LogP contribution is -2.15. The van der Waals surface area contributed by atoms with E-state index in [4.69, 9.17) is 0 Å². The smallest absolute Gasteiger partial charge is 0.238 e. The van der Waals surface area contributed by atoms with Crippen molar-refractivity contribution in [2.45, 2.75) is 5.92 Å². The van der Waals surface area contributed by atoms with Gasteiger partial charge in [-0.05, 0) is 23.8 Å². The van der Waals surface area contributed by atoms with Crippen molar-refractivity contribution in [2.24, 2.45) is 0 Å². The van der Waals surface area contributed by atoms with Crippen LogP contribution < -0.4 is 5.32 Å². The maximum atomic E-state index is 12.2. The number of para-hydroxylation sites is 1. The molecule has 1 aromatic carbocycles. The fourth-order valence-corrected chi connectivity index (χ4v) is 2.59. The third-order valence-electron chi connectivity index (χ3n) is 3.43. The fourth-order valence-electron chi connectivity index (χ4n) is 2.59. The van der Waals surface area contributed by atoms with Crippen LogP contribution in [0.2, 0.25) is 0 Å². The summed E-state index contributed by atoms with van der Waals surface area (Å²) in [5.74, 6) is -0.403. The molecule has 1 amide bonds. The van der Waals surface area contributed by atoms with Gasteiger partial charge in [-0.2, -0.15) is 5.10 Å². The van der Waals surface area contributed by atoms with Crippen molar-refractivity contribution in [2.75, 3.05) is 5.32 Å². The Morgan fingerprint density at radius 1 is 1.16 bits per heavy atom. The Balaban J connectivity index is 1.98. The van der Waals surface area contributed by atoms with Crippen molar-refractivity contribution in [3.05, 3.63) is 60.2 Å². The summed E-state index contributed by atoms with van der Waals surface area (Å²) in [6, 6.07) is 11.5. The molecule has 3 heterocycles. The zero-order chi connectivity index (χ0) is 12.8. The lowest BCUT2D eigenvalue weighted by atomic mass is 9.96. The standard InChI is InChI=1S/C14H10N4O/c19-14-12(9-4-1-2-5-10(9)17-14)13-11-6-3-7-18(11)16-8-15-13/h1-8,12H,(H,17,19). The molecule has 0 bridgehead atoms. The van der Waals surface area contributed by atoms with Crippen LogP contribution in [0.15, 0.2) is 48.9 Å². The number of fused-ring (bicyclic) bond motifs is 2. The number of amides is 1. The maximum Gasteiger partial charge on any atom is 0.238 e. The number of rotatable bonds is 1. The minimum absolute atomic E-state index is 0.0389. The van der Waals surface area contributed by atoms with Crippen molar-refractivity contribution < 1.29 is 4.79 Å². The molecule has 4 rings (SSSR count). The second-order valence-electron chi connectivity index (χ2n) is 4.49. The first-order valence-corrected chi connectivity index (χ1v) is 6.02. The first-order valence-electron chi connectivity index (χ1n) is 6.02. The van der Waals surface area contributed by atoms with E-state index >= 15 is 0 Å². The van der Waals surface area contributed by atoms with Crippen LogP contribution in [0.5, 0.6) is 0 Å². The zero-order valence-electron chi connectivity index (χ0n) is 9.95. The van der Waals surface area contributed by atoms with Gasteiger partial charge in [-0.15, -0.1) is 0 Å². The monoisotopic (exact) mass is 250 g/mol. The highest BCUT2D eigenvalue weighted by molar-refractivity contribution is 6.05. The van der Waals surface area contributed by atoms with Crippen LogP contribution in [0.4, 0.5) is 5.69 Å². The molecule has 1 atom stereocenters. The van der Waals surface area contributed by atoms with Gasteiger partial charge < -0.3 is 5.32 Å². The first-order chi connectivity index (χ1) is 9.34. The number of anilines is 1. The van der Waals surface area contributed by atoms with E-state index in [1.807, 2.05) is 42.6 Å². The van der Waals surface area contributed by atoms with E-state index in [-0.39, 0.29) is 11.8 Å². The molecule has 0 aliphatic carbocycles. The number of nitrogens with one attached hydrogen (secondary N) is 1. The predicted octanol–water partition coefficient (Wildman–Crippen LogP) is 1.81. The van der Waals surface area contributed by atoms with Crippen LogP contribution >= 0.6 is 0 Å². The summed E-state index contributed by atoms with van der Waals surface area (Å²) >= 11 is 0. The largest absolute Gasteiger partial charge is 0.325 e.